The third kappa shape index (κ3) is 9.86. The van der Waals surface area contributed by atoms with Crippen molar-refractivity contribution in [2.75, 3.05) is 36.0 Å². The summed E-state index contributed by atoms with van der Waals surface area (Å²) in [6.45, 7) is 0.932. The van der Waals surface area contributed by atoms with E-state index in [-0.39, 0.29) is 21.9 Å². The maximum Gasteiger partial charge on any atom is 0.397 e. The van der Waals surface area contributed by atoms with Crippen LogP contribution < -0.4 is 15.4 Å². The fourth-order valence-electron chi connectivity index (χ4n) is 3.39. The standard InChI is InChI=1S/C24H26N4O11S3/c1-16-12-22(25-15-41(32,33)34)23(38-2)14-21(16)28-27-18-8-6-17(7-9-18)24(29)26-19-4-3-5-20(13-19)40(30,31)11-10-39-42(35,36)37/h3-9,12-14,25H,10-11,15H2,1-2H3,(H,26,29)(H,32,33,34)(H,35,36,37)/b28-27+. The lowest BCUT2D eigenvalue weighted by Gasteiger charge is -2.12. The number of carbonyl (C=O) groups excluding carboxylic acids is 1. The number of methoxy groups -OCH3 is 1. The highest BCUT2D eigenvalue weighted by atomic mass is 32.3. The van der Waals surface area contributed by atoms with Crippen molar-refractivity contribution >= 4 is 59.0 Å². The largest absolute Gasteiger partial charge is 0.495 e. The average molecular weight is 643 g/mol. The predicted octanol–water partition coefficient (Wildman–Crippen LogP) is 3.52. The minimum atomic E-state index is -4.78. The molecule has 0 spiro atoms. The first kappa shape index (κ1) is 32.6. The van der Waals surface area contributed by atoms with Gasteiger partial charge >= 0.3 is 10.4 Å². The molecule has 0 radical (unpaired) electrons. The lowest BCUT2D eigenvalue weighted by Crippen LogP contribution is -2.16. The molecule has 3 rings (SSSR count). The fourth-order valence-corrected chi connectivity index (χ4v) is 5.26. The van der Waals surface area contributed by atoms with Crippen molar-refractivity contribution in [3.8, 4) is 5.75 Å². The highest BCUT2D eigenvalue weighted by Gasteiger charge is 2.18. The number of anilines is 2. The number of rotatable bonds is 13. The average Bonchev–Trinajstić information content (AvgIpc) is 2.90. The Morgan fingerprint density at radius 1 is 0.929 bits per heavy atom. The van der Waals surface area contributed by atoms with Crippen molar-refractivity contribution in [2.24, 2.45) is 10.2 Å². The third-order valence-electron chi connectivity index (χ3n) is 5.40. The number of nitrogens with one attached hydrogen (secondary N) is 2. The number of carbonyl (C=O) groups is 1. The van der Waals surface area contributed by atoms with Crippen molar-refractivity contribution in [1.29, 1.82) is 0 Å². The van der Waals surface area contributed by atoms with Gasteiger partial charge in [-0.05, 0) is 61.0 Å². The Bertz CT molecular complexity index is 1810. The van der Waals surface area contributed by atoms with Gasteiger partial charge in [0.05, 0.1) is 41.4 Å². The molecule has 18 heteroatoms. The molecule has 3 aromatic rings. The minimum absolute atomic E-state index is 0.166. The van der Waals surface area contributed by atoms with Crippen LogP contribution in [0.4, 0.5) is 22.7 Å². The predicted molar refractivity (Wildman–Crippen MR) is 152 cm³/mol. The van der Waals surface area contributed by atoms with Gasteiger partial charge in [-0.25, -0.2) is 12.6 Å². The van der Waals surface area contributed by atoms with Gasteiger partial charge in [0.25, 0.3) is 16.0 Å². The van der Waals surface area contributed by atoms with Gasteiger partial charge in [-0.3, -0.25) is 13.9 Å². The summed E-state index contributed by atoms with van der Waals surface area (Å²) in [5.41, 5.74) is 2.18. The SMILES string of the molecule is COc1cc(/N=N/c2ccc(C(=O)Nc3cccc(S(=O)(=O)CCOS(=O)(=O)O)c3)cc2)c(C)cc1NCS(=O)(=O)O. The topological polar surface area (TPSA) is 227 Å². The van der Waals surface area contributed by atoms with Gasteiger partial charge in [0.15, 0.2) is 9.84 Å². The van der Waals surface area contributed by atoms with Gasteiger partial charge in [-0.2, -0.15) is 27.1 Å². The maximum absolute atomic E-state index is 12.7. The molecule has 226 valence electrons. The second-order valence-corrected chi connectivity index (χ2v) is 13.2. The minimum Gasteiger partial charge on any atom is -0.495 e. The molecule has 0 atom stereocenters. The van der Waals surface area contributed by atoms with Crippen LogP contribution in [0.5, 0.6) is 5.75 Å². The molecule has 0 aliphatic carbocycles. The molecule has 0 aliphatic rings. The van der Waals surface area contributed by atoms with Crippen molar-refractivity contribution in [2.45, 2.75) is 11.8 Å². The van der Waals surface area contributed by atoms with Crippen LogP contribution >= 0.6 is 0 Å². The summed E-state index contributed by atoms with van der Waals surface area (Å²) in [5, 5.41) is 13.5. The smallest absolute Gasteiger partial charge is 0.397 e. The summed E-state index contributed by atoms with van der Waals surface area (Å²) < 4.78 is 95.0. The monoisotopic (exact) mass is 642 g/mol. The van der Waals surface area contributed by atoms with Gasteiger partial charge in [0, 0.05) is 17.3 Å². The second kappa shape index (κ2) is 13.4. The van der Waals surface area contributed by atoms with Crippen LogP contribution in [0.25, 0.3) is 0 Å². The molecule has 0 aliphatic heterocycles. The summed E-state index contributed by atoms with van der Waals surface area (Å²) in [5.74, 6) is -1.70. The van der Waals surface area contributed by atoms with Gasteiger partial charge in [-0.1, -0.05) is 6.07 Å². The number of hydrogen-bond donors (Lipinski definition) is 4. The highest BCUT2D eigenvalue weighted by Crippen LogP contribution is 2.34. The molecule has 0 bridgehead atoms. The first-order valence-electron chi connectivity index (χ1n) is 11.7. The first-order chi connectivity index (χ1) is 19.6. The normalized spacial score (nSPS) is 12.3. The van der Waals surface area contributed by atoms with E-state index >= 15 is 0 Å². The van der Waals surface area contributed by atoms with Crippen LogP contribution in [0.2, 0.25) is 0 Å². The molecule has 0 unspecified atom stereocenters. The summed E-state index contributed by atoms with van der Waals surface area (Å²) in [6.07, 6.45) is 0. The quantitative estimate of drug-likeness (QED) is 0.155. The van der Waals surface area contributed by atoms with E-state index in [2.05, 4.69) is 25.0 Å². The van der Waals surface area contributed by atoms with Crippen LogP contribution in [0, 0.1) is 6.92 Å². The zero-order valence-electron chi connectivity index (χ0n) is 22.1. The summed E-state index contributed by atoms with van der Waals surface area (Å²) in [6, 6.07) is 14.5. The van der Waals surface area contributed by atoms with E-state index in [0.29, 0.717) is 22.6 Å². The molecular formula is C24H26N4O11S3. The zero-order valence-corrected chi connectivity index (χ0v) is 24.5. The van der Waals surface area contributed by atoms with Crippen molar-refractivity contribution in [3.63, 3.8) is 0 Å². The molecule has 15 nitrogen and oxygen atoms in total. The van der Waals surface area contributed by atoms with E-state index in [0.717, 1.165) is 0 Å². The van der Waals surface area contributed by atoms with E-state index in [1.165, 1.54) is 61.7 Å². The fraction of sp³-hybridized carbons (Fsp3) is 0.208. The van der Waals surface area contributed by atoms with E-state index in [4.69, 9.17) is 13.8 Å². The molecule has 0 saturated heterocycles. The van der Waals surface area contributed by atoms with Crippen LogP contribution in [-0.4, -0.2) is 65.6 Å². The first-order valence-corrected chi connectivity index (χ1v) is 16.3. The Kier molecular flexibility index (Phi) is 10.4. The van der Waals surface area contributed by atoms with E-state index < -0.39 is 54.5 Å². The Hall–Kier alpha value is -3.94. The number of ether oxygens (including phenoxy) is 1. The van der Waals surface area contributed by atoms with Crippen LogP contribution in [0.3, 0.4) is 0 Å². The molecule has 0 aromatic heterocycles. The Labute approximate surface area is 242 Å². The zero-order chi connectivity index (χ0) is 31.1. The number of azo groups is 1. The Morgan fingerprint density at radius 3 is 2.24 bits per heavy atom. The Morgan fingerprint density at radius 2 is 1.62 bits per heavy atom. The molecule has 4 N–H and O–H groups in total. The number of benzene rings is 3. The summed E-state index contributed by atoms with van der Waals surface area (Å²) in [4.78, 5) is 12.5. The molecule has 3 aromatic carbocycles. The number of hydrogen-bond acceptors (Lipinski definition) is 12. The molecule has 0 heterocycles. The van der Waals surface area contributed by atoms with Crippen molar-refractivity contribution < 1.29 is 48.1 Å². The van der Waals surface area contributed by atoms with Gasteiger partial charge in [-0.15, -0.1) is 0 Å². The third-order valence-corrected chi connectivity index (χ3v) is 8.05. The van der Waals surface area contributed by atoms with Crippen LogP contribution in [-0.2, 0) is 34.5 Å². The Balaban J connectivity index is 1.68. The number of aryl methyl sites for hydroxylation is 1. The van der Waals surface area contributed by atoms with Crippen LogP contribution in [0.1, 0.15) is 15.9 Å². The van der Waals surface area contributed by atoms with Gasteiger partial charge < -0.3 is 15.4 Å². The molecular weight excluding hydrogens is 616 g/mol. The van der Waals surface area contributed by atoms with Crippen LogP contribution in [0.15, 0.2) is 75.8 Å². The number of sulfone groups is 1. The van der Waals surface area contributed by atoms with Crippen molar-refractivity contribution in [1.82, 2.24) is 0 Å². The highest BCUT2D eigenvalue weighted by molar-refractivity contribution is 7.91. The van der Waals surface area contributed by atoms with E-state index in [9.17, 15) is 30.0 Å². The lowest BCUT2D eigenvalue weighted by atomic mass is 10.1. The van der Waals surface area contributed by atoms with Gasteiger partial charge in [0.1, 0.15) is 11.6 Å². The molecule has 42 heavy (non-hydrogen) atoms. The second-order valence-electron chi connectivity index (χ2n) is 8.54. The van der Waals surface area contributed by atoms with E-state index in [1.807, 2.05) is 0 Å². The van der Waals surface area contributed by atoms with Crippen molar-refractivity contribution in [3.05, 3.63) is 71.8 Å². The molecule has 0 fully saturated rings. The molecule has 1 amide bonds. The summed E-state index contributed by atoms with van der Waals surface area (Å²) >= 11 is 0. The summed E-state index contributed by atoms with van der Waals surface area (Å²) in [7, 11) is -11.6. The van der Waals surface area contributed by atoms with Gasteiger partial charge in [0.2, 0.25) is 0 Å². The molecule has 0 saturated carbocycles. The lowest BCUT2D eigenvalue weighted by molar-refractivity contribution is 0.102. The number of nitrogens with zero attached hydrogens (tertiary/aromatic N) is 2. The number of amides is 1. The maximum atomic E-state index is 12.7. The van der Waals surface area contributed by atoms with E-state index in [1.54, 1.807) is 13.0 Å².